The van der Waals surface area contributed by atoms with Crippen LogP contribution in [0, 0.1) is 13.8 Å². The molecular formula is C42H48Cl2SiZr. The van der Waals surface area contributed by atoms with Crippen molar-refractivity contribution < 1.29 is 20.8 Å². The predicted molar refractivity (Wildman–Crippen MR) is 206 cm³/mol. The molecule has 46 heavy (non-hydrogen) atoms. The summed E-state index contributed by atoms with van der Waals surface area (Å²) in [6, 6.07) is 36.0. The molecule has 0 atom stereocenters. The van der Waals surface area contributed by atoms with Gasteiger partial charge in [-0.2, -0.15) is 12.1 Å². The molecule has 0 aliphatic carbocycles. The Balaban J connectivity index is 0.000000214. The van der Waals surface area contributed by atoms with E-state index in [1.54, 1.807) is 0 Å². The minimum atomic E-state index is -0.826. The molecule has 0 unspecified atom stereocenters. The molecule has 0 amide bonds. The van der Waals surface area contributed by atoms with Gasteiger partial charge in [0.1, 0.15) is 0 Å². The number of benzene rings is 4. The summed E-state index contributed by atoms with van der Waals surface area (Å²) in [6.07, 6.45) is 4.31. The van der Waals surface area contributed by atoms with E-state index in [-0.39, 0.29) is 0 Å². The Kier molecular flexibility index (Phi) is 16.3. The van der Waals surface area contributed by atoms with Crippen molar-refractivity contribution in [1.29, 1.82) is 0 Å². The van der Waals surface area contributed by atoms with Gasteiger partial charge in [-0.3, -0.25) is 0 Å². The molecule has 4 heteroatoms. The van der Waals surface area contributed by atoms with Crippen LogP contribution in [0.25, 0.3) is 43.8 Å². The van der Waals surface area contributed by atoms with E-state index in [9.17, 15) is 0 Å². The van der Waals surface area contributed by atoms with Crippen molar-refractivity contribution in [3.8, 4) is 22.3 Å². The Morgan fingerprint density at radius 2 is 0.870 bits per heavy atom. The standard InChI is InChI=1S/2C20H21.C2H6Si.2ClH.Zr/c2*1-4-15-8-6-7-9-18(15)20-16(5-2)10-11-17-12-14(3)13-19(17)20;1-3-2;;;/h2*6-13H,4-5H2,1-3H3;1-2H3;2*1H;/q2*-1;;;;+4/p-2. The van der Waals surface area contributed by atoms with Crippen LogP contribution in [0.1, 0.15) is 61.1 Å². The number of aryl methyl sites for hydroxylation is 6. The topological polar surface area (TPSA) is 0 Å². The molecule has 0 nitrogen and oxygen atoms in total. The molecule has 6 aromatic rings. The van der Waals surface area contributed by atoms with Gasteiger partial charge in [0.05, 0.1) is 0 Å². The van der Waals surface area contributed by atoms with Crippen LogP contribution in [-0.2, 0) is 46.5 Å². The molecule has 0 fully saturated rings. The third-order valence-corrected chi connectivity index (χ3v) is 8.34. The van der Waals surface area contributed by atoms with E-state index in [0.29, 0.717) is 0 Å². The molecule has 238 valence electrons. The van der Waals surface area contributed by atoms with Gasteiger partial charge in [-0.1, -0.05) is 125 Å². The summed E-state index contributed by atoms with van der Waals surface area (Å²) in [4.78, 5) is 0. The predicted octanol–water partition coefficient (Wildman–Crippen LogP) is 13.5. The first-order valence-corrected chi connectivity index (χ1v) is 24.7. The fourth-order valence-corrected chi connectivity index (χ4v) is 6.32. The fraction of sp³-hybridized carbons (Fsp3) is 0.286. The summed E-state index contributed by atoms with van der Waals surface area (Å²) < 4.78 is 0. The summed E-state index contributed by atoms with van der Waals surface area (Å²) >= 11 is -0.826. The molecule has 0 aliphatic rings. The van der Waals surface area contributed by atoms with E-state index >= 15 is 0 Å². The van der Waals surface area contributed by atoms with Gasteiger partial charge >= 0.3 is 37.9 Å². The molecule has 0 spiro atoms. The number of fused-ring (bicyclic) bond motifs is 2. The van der Waals surface area contributed by atoms with Crippen molar-refractivity contribution in [2.45, 2.75) is 80.3 Å². The maximum atomic E-state index is 4.93. The Morgan fingerprint density at radius 1 is 0.543 bits per heavy atom. The molecule has 0 aromatic heterocycles. The Labute approximate surface area is 299 Å². The third kappa shape index (κ3) is 9.44. The zero-order valence-electron chi connectivity index (χ0n) is 28.8. The minimum absolute atomic E-state index is 0.826. The van der Waals surface area contributed by atoms with Crippen LogP contribution in [0.3, 0.4) is 0 Å². The molecule has 6 aromatic carbocycles. The first kappa shape index (κ1) is 38.2. The van der Waals surface area contributed by atoms with Gasteiger partial charge in [-0.25, -0.2) is 0 Å². The second-order valence-corrected chi connectivity index (χ2v) is 16.3. The molecule has 0 heterocycles. The molecule has 0 aliphatic heterocycles. The molecule has 2 radical (unpaired) electrons. The quantitative estimate of drug-likeness (QED) is 0.118. The zero-order valence-corrected chi connectivity index (χ0v) is 33.8. The summed E-state index contributed by atoms with van der Waals surface area (Å²) in [6.45, 7) is 17.6. The maximum absolute atomic E-state index is 4.93. The van der Waals surface area contributed by atoms with Crippen LogP contribution >= 0.6 is 17.0 Å². The SMILES string of the molecule is CCc1ccccc1-c1c(CC)ccc2[cH-]c(C)cc12.CCc1ccccc1-c1c(CC)ccc2[cH-]c(C)cc12.C[Si]C.[Cl][Zr+2][Cl]. The number of hydrogen-bond donors (Lipinski definition) is 0. The van der Waals surface area contributed by atoms with E-state index in [4.69, 9.17) is 17.0 Å². The van der Waals surface area contributed by atoms with Gasteiger partial charge in [-0.15, -0.1) is 69.1 Å². The second kappa shape index (κ2) is 19.6. The van der Waals surface area contributed by atoms with Crippen LogP contribution < -0.4 is 0 Å². The van der Waals surface area contributed by atoms with Crippen molar-refractivity contribution in [2.75, 3.05) is 0 Å². The van der Waals surface area contributed by atoms with Gasteiger partial charge in [0, 0.05) is 9.52 Å². The van der Waals surface area contributed by atoms with Crippen molar-refractivity contribution in [1.82, 2.24) is 0 Å². The molecular weight excluding hydrogens is 695 g/mol. The Hall–Kier alpha value is -2.22. The third-order valence-electron chi connectivity index (χ3n) is 8.34. The van der Waals surface area contributed by atoms with Gasteiger partial charge in [0.15, 0.2) is 0 Å². The summed E-state index contributed by atoms with van der Waals surface area (Å²) in [5, 5.41) is 5.53. The molecule has 6 rings (SSSR count). The molecule has 0 bridgehead atoms. The summed E-state index contributed by atoms with van der Waals surface area (Å²) in [5.74, 6) is 0. The first-order chi connectivity index (χ1) is 22.3. The van der Waals surface area contributed by atoms with Crippen LogP contribution in [0.5, 0.6) is 0 Å². The van der Waals surface area contributed by atoms with Gasteiger partial charge in [-0.05, 0) is 47.9 Å². The van der Waals surface area contributed by atoms with Crippen LogP contribution in [0.2, 0.25) is 13.1 Å². The van der Waals surface area contributed by atoms with E-state index < -0.39 is 20.8 Å². The van der Waals surface area contributed by atoms with E-state index in [1.165, 1.54) is 77.2 Å². The van der Waals surface area contributed by atoms with E-state index in [0.717, 1.165) is 35.2 Å². The van der Waals surface area contributed by atoms with Gasteiger partial charge in [0.2, 0.25) is 0 Å². The fourth-order valence-electron chi connectivity index (χ4n) is 6.32. The van der Waals surface area contributed by atoms with Crippen LogP contribution in [0.4, 0.5) is 0 Å². The normalized spacial score (nSPS) is 10.3. The van der Waals surface area contributed by atoms with E-state index in [2.05, 4.69) is 152 Å². The summed E-state index contributed by atoms with van der Waals surface area (Å²) in [5.41, 5.74) is 14.2. The molecule has 0 saturated carbocycles. The molecule has 0 saturated heterocycles. The average molecular weight is 743 g/mol. The van der Waals surface area contributed by atoms with Crippen LogP contribution in [0.15, 0.2) is 97.1 Å². The monoisotopic (exact) mass is 740 g/mol. The van der Waals surface area contributed by atoms with Crippen molar-refractivity contribution >= 4 is 48.1 Å². The Morgan fingerprint density at radius 3 is 1.20 bits per heavy atom. The van der Waals surface area contributed by atoms with E-state index in [1.807, 2.05) is 0 Å². The number of hydrogen-bond acceptors (Lipinski definition) is 0. The zero-order chi connectivity index (χ0) is 33.6. The molecule has 0 N–H and O–H groups in total. The Bertz CT molecular complexity index is 1680. The average Bonchev–Trinajstić information content (AvgIpc) is 3.65. The summed E-state index contributed by atoms with van der Waals surface area (Å²) in [7, 11) is 11.0. The second-order valence-electron chi connectivity index (χ2n) is 11.6. The van der Waals surface area contributed by atoms with Crippen molar-refractivity contribution in [3.05, 3.63) is 130 Å². The van der Waals surface area contributed by atoms with Crippen molar-refractivity contribution in [3.63, 3.8) is 0 Å². The van der Waals surface area contributed by atoms with Gasteiger partial charge < -0.3 is 0 Å². The number of halogens is 2. The van der Waals surface area contributed by atoms with Gasteiger partial charge in [0.25, 0.3) is 0 Å². The number of rotatable bonds is 6. The first-order valence-electron chi connectivity index (χ1n) is 16.4. The van der Waals surface area contributed by atoms with Crippen molar-refractivity contribution in [2.24, 2.45) is 0 Å². The van der Waals surface area contributed by atoms with Crippen LogP contribution in [-0.4, -0.2) is 9.52 Å².